The van der Waals surface area contributed by atoms with Crippen LogP contribution in [0.1, 0.15) is 18.9 Å². The van der Waals surface area contributed by atoms with Crippen LogP contribution in [0.5, 0.6) is 5.75 Å². The number of carbonyl (C=O) groups is 1. The van der Waals surface area contributed by atoms with E-state index in [0.29, 0.717) is 43.2 Å². The SMILES string of the molecule is CCN1C(=O)C(I)C[C-]=C1c1ccc(OCCOC)cc1F.[Y]. The molecule has 123 valence electrons. The third-order valence-electron chi connectivity index (χ3n) is 3.32. The maximum Gasteiger partial charge on any atom is 0.235 e. The summed E-state index contributed by atoms with van der Waals surface area (Å²) in [5.74, 6) is 0.0168. The quantitative estimate of drug-likeness (QED) is 0.258. The molecule has 7 heteroatoms. The molecule has 1 aromatic rings. The van der Waals surface area contributed by atoms with Gasteiger partial charge in [0.05, 0.1) is 16.3 Å². The molecule has 0 saturated heterocycles. The number of ether oxygens (including phenoxy) is 2. The Morgan fingerprint density at radius 1 is 1.43 bits per heavy atom. The summed E-state index contributed by atoms with van der Waals surface area (Å²) in [5.41, 5.74) is 0.888. The standard InChI is InChI=1S/C16H18FINO3.Y/c1-3-19-15(7-6-14(18)16(19)20)12-5-4-11(10-13(12)17)22-9-8-21-2;/h4-5,10,14H,3,6,8-9H2,1-2H3;/q-1;. The number of amides is 1. The van der Waals surface area contributed by atoms with Gasteiger partial charge in [-0.05, 0) is 19.1 Å². The number of benzene rings is 1. The number of carbonyl (C=O) groups excluding carboxylic acids is 1. The molecule has 0 fully saturated rings. The summed E-state index contributed by atoms with van der Waals surface area (Å²) in [6.45, 7) is 3.16. The molecule has 0 aromatic heterocycles. The first-order valence-corrected chi connectivity index (χ1v) is 8.31. The third kappa shape index (κ3) is 5.21. The van der Waals surface area contributed by atoms with Crippen molar-refractivity contribution in [1.29, 1.82) is 0 Å². The second-order valence-corrected chi connectivity index (χ2v) is 6.27. The molecular weight excluding hydrogens is 489 g/mol. The minimum Gasteiger partial charge on any atom is -0.491 e. The normalized spacial score (nSPS) is 17.6. The van der Waals surface area contributed by atoms with Crippen molar-refractivity contribution in [3.63, 3.8) is 0 Å². The Hall–Kier alpha value is -0.0461. The Morgan fingerprint density at radius 2 is 2.17 bits per heavy atom. The van der Waals surface area contributed by atoms with Crippen molar-refractivity contribution in [2.24, 2.45) is 0 Å². The van der Waals surface area contributed by atoms with Crippen LogP contribution in [0.25, 0.3) is 5.70 Å². The molecule has 1 radical (unpaired) electrons. The third-order valence-corrected chi connectivity index (χ3v) is 4.29. The molecule has 0 spiro atoms. The number of hydrogen-bond acceptors (Lipinski definition) is 3. The van der Waals surface area contributed by atoms with E-state index in [2.05, 4.69) is 28.7 Å². The molecule has 23 heavy (non-hydrogen) atoms. The summed E-state index contributed by atoms with van der Waals surface area (Å²) in [5, 5.41) is 0. The maximum atomic E-state index is 14.4. The van der Waals surface area contributed by atoms with E-state index >= 15 is 0 Å². The molecule has 4 nitrogen and oxygen atoms in total. The first-order valence-electron chi connectivity index (χ1n) is 7.06. The summed E-state index contributed by atoms with van der Waals surface area (Å²) in [7, 11) is 1.58. The van der Waals surface area contributed by atoms with Gasteiger partial charge in [0.25, 0.3) is 0 Å². The van der Waals surface area contributed by atoms with Crippen LogP contribution in [0, 0.1) is 11.9 Å². The molecule has 2 rings (SSSR count). The Labute approximate surface area is 174 Å². The molecule has 0 N–H and O–H groups in total. The molecule has 0 bridgehead atoms. The van der Waals surface area contributed by atoms with Crippen LogP contribution in [0.4, 0.5) is 4.39 Å². The fourth-order valence-electron chi connectivity index (χ4n) is 2.22. The van der Waals surface area contributed by atoms with Crippen LogP contribution >= 0.6 is 22.6 Å². The zero-order chi connectivity index (χ0) is 16.1. The monoisotopic (exact) mass is 507 g/mol. The van der Waals surface area contributed by atoms with Gasteiger partial charge in [0.2, 0.25) is 5.91 Å². The van der Waals surface area contributed by atoms with Gasteiger partial charge in [-0.15, -0.1) is 17.3 Å². The largest absolute Gasteiger partial charge is 0.491 e. The average molecular weight is 507 g/mol. The van der Waals surface area contributed by atoms with Crippen molar-refractivity contribution in [3.8, 4) is 5.75 Å². The van der Waals surface area contributed by atoms with Crippen molar-refractivity contribution >= 4 is 34.2 Å². The van der Waals surface area contributed by atoms with E-state index in [1.807, 2.05) is 6.92 Å². The predicted octanol–water partition coefficient (Wildman–Crippen LogP) is 3.05. The van der Waals surface area contributed by atoms with Gasteiger partial charge in [-0.2, -0.15) is 0 Å². The van der Waals surface area contributed by atoms with E-state index < -0.39 is 5.82 Å². The molecular formula is C16H18FINO3Y-. The van der Waals surface area contributed by atoms with Crippen molar-refractivity contribution in [1.82, 2.24) is 4.90 Å². The fourth-order valence-corrected chi connectivity index (χ4v) is 2.78. The van der Waals surface area contributed by atoms with Gasteiger partial charge < -0.3 is 14.4 Å². The number of rotatable bonds is 6. The van der Waals surface area contributed by atoms with E-state index in [4.69, 9.17) is 9.47 Å². The Balaban J connectivity index is 0.00000264. The van der Waals surface area contributed by atoms with Crippen molar-refractivity contribution in [2.45, 2.75) is 17.3 Å². The number of methoxy groups -OCH3 is 1. The van der Waals surface area contributed by atoms with Crippen LogP contribution in [0.3, 0.4) is 0 Å². The number of alkyl halides is 1. The van der Waals surface area contributed by atoms with E-state index in [1.54, 1.807) is 24.1 Å². The molecule has 1 atom stereocenters. The first-order chi connectivity index (χ1) is 10.6. The van der Waals surface area contributed by atoms with Gasteiger partial charge in [0.1, 0.15) is 12.4 Å². The topological polar surface area (TPSA) is 38.8 Å². The van der Waals surface area contributed by atoms with E-state index in [1.165, 1.54) is 6.07 Å². The summed E-state index contributed by atoms with van der Waals surface area (Å²) >= 11 is 2.09. The maximum absolute atomic E-state index is 14.4. The smallest absolute Gasteiger partial charge is 0.235 e. The van der Waals surface area contributed by atoms with Gasteiger partial charge in [-0.3, -0.25) is 4.79 Å². The van der Waals surface area contributed by atoms with Gasteiger partial charge in [-0.25, -0.2) is 10.5 Å². The Kier molecular flexibility index (Phi) is 9.18. The van der Waals surface area contributed by atoms with Crippen LogP contribution in [0.2, 0.25) is 0 Å². The average Bonchev–Trinajstić information content (AvgIpc) is 2.51. The summed E-state index contributed by atoms with van der Waals surface area (Å²) < 4.78 is 24.5. The Bertz CT molecular complexity index is 582. The molecule has 1 amide bonds. The van der Waals surface area contributed by atoms with Gasteiger partial charge in [0.15, 0.2) is 0 Å². The molecule has 1 aliphatic rings. The summed E-state index contributed by atoms with van der Waals surface area (Å²) in [6, 6.07) is 4.65. The van der Waals surface area contributed by atoms with E-state index in [0.717, 1.165) is 0 Å². The van der Waals surface area contributed by atoms with Crippen LogP contribution in [-0.2, 0) is 42.2 Å². The summed E-state index contributed by atoms with van der Waals surface area (Å²) in [6.07, 6.45) is 3.64. The van der Waals surface area contributed by atoms with Crippen molar-refractivity contribution in [2.75, 3.05) is 26.9 Å². The molecule has 1 heterocycles. The molecule has 1 unspecified atom stereocenters. The molecule has 0 saturated carbocycles. The van der Waals surface area contributed by atoms with Crippen molar-refractivity contribution in [3.05, 3.63) is 35.7 Å². The predicted molar refractivity (Wildman–Crippen MR) is 90.2 cm³/mol. The van der Waals surface area contributed by atoms with E-state index in [-0.39, 0.29) is 42.5 Å². The number of halogens is 2. The zero-order valence-corrected chi connectivity index (χ0v) is 18.1. The van der Waals surface area contributed by atoms with Crippen LogP contribution < -0.4 is 4.74 Å². The summed E-state index contributed by atoms with van der Waals surface area (Å²) in [4.78, 5) is 13.8. The second kappa shape index (κ2) is 10.1. The van der Waals surface area contributed by atoms with Gasteiger partial charge >= 0.3 is 0 Å². The van der Waals surface area contributed by atoms with Crippen molar-refractivity contribution < 1.29 is 51.4 Å². The molecule has 0 aliphatic carbocycles. The number of allylic oxidation sites excluding steroid dienone is 1. The Morgan fingerprint density at radius 3 is 2.78 bits per heavy atom. The first kappa shape index (κ1) is 21.0. The van der Waals surface area contributed by atoms with E-state index in [9.17, 15) is 9.18 Å². The van der Waals surface area contributed by atoms with Crippen LogP contribution in [-0.4, -0.2) is 41.6 Å². The van der Waals surface area contributed by atoms with Gasteiger partial charge in [0, 0.05) is 46.4 Å². The van der Waals surface area contributed by atoms with Gasteiger partial charge in [-0.1, -0.05) is 29.0 Å². The number of hydrogen-bond donors (Lipinski definition) is 0. The minimum atomic E-state index is -0.421. The zero-order valence-electron chi connectivity index (χ0n) is 13.1. The molecule has 1 aliphatic heterocycles. The van der Waals surface area contributed by atoms with Crippen LogP contribution in [0.15, 0.2) is 18.2 Å². The number of nitrogens with zero attached hydrogens (tertiary/aromatic N) is 1. The minimum absolute atomic E-state index is 0. The molecule has 1 aromatic carbocycles. The fraction of sp³-hybridized carbons (Fsp3) is 0.438. The second-order valence-electron chi connectivity index (χ2n) is 4.76.